The first-order valence-corrected chi connectivity index (χ1v) is 15.9. The standard InChI is InChI=1S/C27H34N4O8S2/c1-17-14-31(18(2)16-32)27(33)23-13-21(29-40(34,35)26-19(3)28-39-20(26)4)11-12-24(23)38-25(17)15-30(5)41(36,37)22-9-7-6-8-10-22/h6-13,17-18,25,29,32H,14-16H2,1-5H3/t17-,18+,25-/m0/s1. The van der Waals surface area contributed by atoms with Gasteiger partial charge in [0.25, 0.3) is 15.9 Å². The number of ether oxygens (including phenoxy) is 1. The van der Waals surface area contributed by atoms with Gasteiger partial charge in [-0.1, -0.05) is 30.3 Å². The monoisotopic (exact) mass is 606 g/mol. The number of hydrogen-bond donors (Lipinski definition) is 2. The molecule has 1 aliphatic heterocycles. The predicted molar refractivity (Wildman–Crippen MR) is 151 cm³/mol. The SMILES string of the molecule is Cc1noc(C)c1S(=O)(=O)Nc1ccc2c(c1)C(=O)N([C@H](C)CO)C[C@H](C)[C@H](CN(C)S(=O)(=O)c1ccccc1)O2. The summed E-state index contributed by atoms with van der Waals surface area (Å²) in [6.07, 6.45) is -0.677. The van der Waals surface area contributed by atoms with Crippen LogP contribution >= 0.6 is 0 Å². The second-order valence-electron chi connectivity index (χ2n) is 10.2. The largest absolute Gasteiger partial charge is 0.488 e. The minimum absolute atomic E-state index is 0.0200. The van der Waals surface area contributed by atoms with E-state index in [0.717, 1.165) is 0 Å². The summed E-state index contributed by atoms with van der Waals surface area (Å²) in [5.41, 5.74) is 0.357. The van der Waals surface area contributed by atoms with E-state index in [0.29, 0.717) is 0 Å². The summed E-state index contributed by atoms with van der Waals surface area (Å²) in [6.45, 7) is 6.37. The number of rotatable bonds is 9. The molecule has 2 heterocycles. The molecule has 0 radical (unpaired) electrons. The third-order valence-corrected chi connectivity index (χ3v) is 10.5. The number of likely N-dealkylation sites (N-methyl/N-ethyl adjacent to an activating group) is 1. The van der Waals surface area contributed by atoms with Crippen molar-refractivity contribution in [1.29, 1.82) is 0 Å². The number of anilines is 1. The number of nitrogens with one attached hydrogen (secondary N) is 1. The Morgan fingerprint density at radius 3 is 2.44 bits per heavy atom. The Bertz CT molecular complexity index is 1600. The molecule has 0 spiro atoms. The van der Waals surface area contributed by atoms with E-state index in [1.807, 2.05) is 6.92 Å². The Balaban J connectivity index is 1.70. The molecule has 1 aliphatic rings. The molecule has 2 N–H and O–H groups in total. The fraction of sp³-hybridized carbons (Fsp3) is 0.407. The molecule has 0 unspecified atom stereocenters. The van der Waals surface area contributed by atoms with Crippen molar-refractivity contribution in [2.24, 2.45) is 5.92 Å². The predicted octanol–water partition coefficient (Wildman–Crippen LogP) is 2.63. The van der Waals surface area contributed by atoms with Crippen molar-refractivity contribution in [2.45, 2.75) is 49.6 Å². The third-order valence-electron chi connectivity index (χ3n) is 7.04. The molecule has 1 aromatic heterocycles. The summed E-state index contributed by atoms with van der Waals surface area (Å²) in [5.74, 6) is -0.509. The number of aryl methyl sites for hydroxylation is 2. The highest BCUT2D eigenvalue weighted by Gasteiger charge is 2.35. The fourth-order valence-corrected chi connectivity index (χ4v) is 7.28. The van der Waals surface area contributed by atoms with E-state index < -0.39 is 38.1 Å². The van der Waals surface area contributed by atoms with Crippen molar-refractivity contribution in [1.82, 2.24) is 14.4 Å². The Hall–Kier alpha value is -3.46. The number of amides is 1. The molecule has 3 atom stereocenters. The van der Waals surface area contributed by atoms with E-state index >= 15 is 0 Å². The van der Waals surface area contributed by atoms with Gasteiger partial charge in [0.2, 0.25) is 10.0 Å². The molecule has 3 aromatic rings. The topological polar surface area (TPSA) is 159 Å². The molecule has 41 heavy (non-hydrogen) atoms. The Morgan fingerprint density at radius 1 is 1.15 bits per heavy atom. The third kappa shape index (κ3) is 6.25. The first-order valence-electron chi connectivity index (χ1n) is 13.0. The summed E-state index contributed by atoms with van der Waals surface area (Å²) in [4.78, 5) is 15.2. The summed E-state index contributed by atoms with van der Waals surface area (Å²) < 4.78 is 67.5. The number of aromatic nitrogens is 1. The van der Waals surface area contributed by atoms with Gasteiger partial charge in [-0.25, -0.2) is 16.8 Å². The molecule has 14 heteroatoms. The first-order chi connectivity index (χ1) is 19.3. The van der Waals surface area contributed by atoms with Crippen LogP contribution in [0, 0.1) is 19.8 Å². The highest BCUT2D eigenvalue weighted by molar-refractivity contribution is 7.92. The normalized spacial score (nSPS) is 18.8. The highest BCUT2D eigenvalue weighted by Crippen LogP contribution is 2.32. The second-order valence-corrected chi connectivity index (χ2v) is 13.9. The molecule has 2 aromatic carbocycles. The van der Waals surface area contributed by atoms with Crippen molar-refractivity contribution in [3.8, 4) is 5.75 Å². The van der Waals surface area contributed by atoms with E-state index in [1.165, 1.54) is 60.4 Å². The molecule has 0 fully saturated rings. The van der Waals surface area contributed by atoms with E-state index in [-0.39, 0.29) is 63.9 Å². The van der Waals surface area contributed by atoms with E-state index in [2.05, 4.69) is 9.88 Å². The number of aliphatic hydroxyl groups excluding tert-OH is 1. The number of benzene rings is 2. The smallest absolute Gasteiger partial charge is 0.267 e. The first kappa shape index (κ1) is 30.5. The molecule has 222 valence electrons. The zero-order valence-corrected chi connectivity index (χ0v) is 25.1. The van der Waals surface area contributed by atoms with Crippen LogP contribution in [0.1, 0.15) is 35.7 Å². The van der Waals surface area contributed by atoms with Crippen LogP contribution in [0.5, 0.6) is 5.75 Å². The fourth-order valence-electron chi connectivity index (χ4n) is 4.69. The van der Waals surface area contributed by atoms with Crippen LogP contribution in [-0.2, 0) is 20.0 Å². The van der Waals surface area contributed by atoms with Crippen molar-refractivity contribution in [3.63, 3.8) is 0 Å². The van der Waals surface area contributed by atoms with Crippen LogP contribution in [0.4, 0.5) is 5.69 Å². The molecule has 1 amide bonds. The van der Waals surface area contributed by atoms with Gasteiger partial charge in [0.1, 0.15) is 17.5 Å². The molecule has 0 saturated carbocycles. The lowest BCUT2D eigenvalue weighted by Crippen LogP contribution is -2.50. The van der Waals surface area contributed by atoms with Gasteiger partial charge in [0, 0.05) is 25.2 Å². The maximum Gasteiger partial charge on any atom is 0.267 e. The molecule has 0 bridgehead atoms. The van der Waals surface area contributed by atoms with Crippen molar-refractivity contribution in [3.05, 3.63) is 65.5 Å². The van der Waals surface area contributed by atoms with E-state index in [4.69, 9.17) is 9.26 Å². The Morgan fingerprint density at radius 2 is 1.83 bits per heavy atom. The van der Waals surface area contributed by atoms with Gasteiger partial charge in [0.15, 0.2) is 10.7 Å². The van der Waals surface area contributed by atoms with Crippen molar-refractivity contribution >= 4 is 31.6 Å². The Labute approximate surface area is 240 Å². The lowest BCUT2D eigenvalue weighted by Gasteiger charge is -2.38. The van der Waals surface area contributed by atoms with Crippen LogP contribution in [0.25, 0.3) is 0 Å². The molecular formula is C27H34N4O8S2. The Kier molecular flexibility index (Phi) is 8.78. The lowest BCUT2D eigenvalue weighted by atomic mass is 9.99. The number of fused-ring (bicyclic) bond motifs is 1. The molecule has 0 saturated heterocycles. The molecule has 12 nitrogen and oxygen atoms in total. The van der Waals surface area contributed by atoms with Crippen molar-refractivity contribution < 1.29 is 36.0 Å². The van der Waals surface area contributed by atoms with Crippen LogP contribution in [0.15, 0.2) is 62.8 Å². The van der Waals surface area contributed by atoms with Crippen LogP contribution in [-0.4, -0.2) is 81.1 Å². The van der Waals surface area contributed by atoms with Gasteiger partial charge in [-0.15, -0.1) is 0 Å². The van der Waals surface area contributed by atoms with Crippen LogP contribution < -0.4 is 9.46 Å². The number of hydrogen-bond acceptors (Lipinski definition) is 9. The quantitative estimate of drug-likeness (QED) is 0.373. The maximum absolute atomic E-state index is 13.7. The number of nitrogens with zero attached hydrogens (tertiary/aromatic N) is 3. The molecule has 0 aliphatic carbocycles. The molecule has 4 rings (SSSR count). The lowest BCUT2D eigenvalue weighted by molar-refractivity contribution is 0.0387. The molecular weight excluding hydrogens is 572 g/mol. The number of carbonyl (C=O) groups excluding carboxylic acids is 1. The van der Waals surface area contributed by atoms with Gasteiger partial charge in [-0.2, -0.15) is 4.31 Å². The van der Waals surface area contributed by atoms with E-state index in [1.54, 1.807) is 25.1 Å². The highest BCUT2D eigenvalue weighted by atomic mass is 32.2. The summed E-state index contributed by atoms with van der Waals surface area (Å²) >= 11 is 0. The summed E-state index contributed by atoms with van der Waals surface area (Å²) in [7, 11) is -6.45. The van der Waals surface area contributed by atoms with Gasteiger partial charge < -0.3 is 19.3 Å². The summed E-state index contributed by atoms with van der Waals surface area (Å²) in [5, 5.41) is 13.6. The van der Waals surface area contributed by atoms with Crippen LogP contribution in [0.3, 0.4) is 0 Å². The maximum atomic E-state index is 13.7. The number of aliphatic hydroxyl groups is 1. The van der Waals surface area contributed by atoms with Crippen LogP contribution in [0.2, 0.25) is 0 Å². The second kappa shape index (κ2) is 11.8. The van der Waals surface area contributed by atoms with E-state index in [9.17, 15) is 26.7 Å². The minimum atomic E-state index is -4.09. The number of sulfonamides is 2. The summed E-state index contributed by atoms with van der Waals surface area (Å²) in [6, 6.07) is 11.8. The van der Waals surface area contributed by atoms with Gasteiger partial charge in [-0.3, -0.25) is 9.52 Å². The van der Waals surface area contributed by atoms with Gasteiger partial charge in [-0.05, 0) is 51.1 Å². The van der Waals surface area contributed by atoms with Gasteiger partial charge in [0.05, 0.1) is 29.7 Å². The average molecular weight is 607 g/mol. The zero-order chi connectivity index (χ0) is 30.1. The number of carbonyl (C=O) groups is 1. The zero-order valence-electron chi connectivity index (χ0n) is 23.4. The van der Waals surface area contributed by atoms with Crippen molar-refractivity contribution in [2.75, 3.05) is 31.5 Å². The van der Waals surface area contributed by atoms with Gasteiger partial charge >= 0.3 is 0 Å². The average Bonchev–Trinajstić information content (AvgIpc) is 3.29. The minimum Gasteiger partial charge on any atom is -0.488 e.